The summed E-state index contributed by atoms with van der Waals surface area (Å²) in [6.45, 7) is 4.72. The van der Waals surface area contributed by atoms with Gasteiger partial charge in [0.25, 0.3) is 0 Å². The Morgan fingerprint density at radius 3 is 2.29 bits per heavy atom. The lowest BCUT2D eigenvalue weighted by Crippen LogP contribution is -2.26. The molecule has 9 heteroatoms. The van der Waals surface area contributed by atoms with Crippen molar-refractivity contribution in [3.05, 3.63) is 82.0 Å². The summed E-state index contributed by atoms with van der Waals surface area (Å²) in [7, 11) is 2.98. The fourth-order valence-electron chi connectivity index (χ4n) is 3.83. The molecule has 0 atom stereocenters. The summed E-state index contributed by atoms with van der Waals surface area (Å²) in [5, 5.41) is 3.35. The minimum atomic E-state index is -0.404. The molecule has 0 aliphatic rings. The second-order valence-electron chi connectivity index (χ2n) is 8.12. The van der Waals surface area contributed by atoms with Crippen LogP contribution in [0.25, 0.3) is 11.2 Å². The van der Waals surface area contributed by atoms with E-state index in [-0.39, 0.29) is 11.7 Å². The maximum Gasteiger partial charge on any atom is 0.337 e. The summed E-state index contributed by atoms with van der Waals surface area (Å²) in [5.41, 5.74) is 3.39. The monoisotopic (exact) mass is 461 g/mol. The van der Waals surface area contributed by atoms with Crippen molar-refractivity contribution in [2.45, 2.75) is 33.0 Å². The van der Waals surface area contributed by atoms with Crippen LogP contribution >= 0.6 is 0 Å². The number of hydrogen-bond donors (Lipinski definition) is 1. The highest BCUT2D eigenvalue weighted by Crippen LogP contribution is 2.23. The van der Waals surface area contributed by atoms with Crippen LogP contribution in [-0.2, 0) is 17.8 Å². The molecule has 4 rings (SSSR count). The summed E-state index contributed by atoms with van der Waals surface area (Å²) in [4.78, 5) is 34.0. The van der Waals surface area contributed by atoms with E-state index in [2.05, 4.69) is 15.3 Å². The zero-order chi connectivity index (χ0) is 24.2. The average molecular weight is 462 g/mol. The Morgan fingerprint density at radius 1 is 1.00 bits per heavy atom. The molecule has 0 saturated carbocycles. The highest BCUT2D eigenvalue weighted by Gasteiger charge is 2.20. The molecule has 0 aliphatic heterocycles. The van der Waals surface area contributed by atoms with Crippen molar-refractivity contribution < 1.29 is 14.3 Å². The van der Waals surface area contributed by atoms with E-state index in [0.717, 1.165) is 16.9 Å². The lowest BCUT2D eigenvalue weighted by molar-refractivity contribution is 0.0600. The van der Waals surface area contributed by atoms with Gasteiger partial charge >= 0.3 is 11.7 Å². The fraction of sp³-hybridized carbons (Fsp3) is 0.280. The van der Waals surface area contributed by atoms with Crippen LogP contribution in [0.5, 0.6) is 5.75 Å². The Balaban J connectivity index is 1.72. The van der Waals surface area contributed by atoms with Gasteiger partial charge in [0.15, 0.2) is 11.5 Å². The predicted molar refractivity (Wildman–Crippen MR) is 129 cm³/mol. The number of imidazole rings is 1. The Bertz CT molecular complexity index is 1360. The van der Waals surface area contributed by atoms with Gasteiger partial charge in [0.2, 0.25) is 0 Å². The van der Waals surface area contributed by atoms with Crippen LogP contribution in [-0.4, -0.2) is 39.3 Å². The van der Waals surface area contributed by atoms with Gasteiger partial charge in [-0.25, -0.2) is 19.6 Å². The van der Waals surface area contributed by atoms with E-state index in [1.807, 2.05) is 50.2 Å². The molecule has 0 bridgehead atoms. The van der Waals surface area contributed by atoms with Gasteiger partial charge < -0.3 is 14.8 Å². The van der Waals surface area contributed by atoms with Gasteiger partial charge in [-0.05, 0) is 49.2 Å². The number of carbonyl (C=O) groups is 1. The van der Waals surface area contributed by atoms with Crippen LogP contribution in [0.4, 0.5) is 5.82 Å². The molecule has 1 N–H and O–H groups in total. The first-order valence-electron chi connectivity index (χ1n) is 10.9. The maximum atomic E-state index is 13.4. The van der Waals surface area contributed by atoms with Crippen molar-refractivity contribution in [2.24, 2.45) is 0 Å². The van der Waals surface area contributed by atoms with Crippen LogP contribution in [0, 0.1) is 0 Å². The van der Waals surface area contributed by atoms with E-state index >= 15 is 0 Å². The van der Waals surface area contributed by atoms with E-state index < -0.39 is 5.97 Å². The number of nitrogens with one attached hydrogen (secondary N) is 1. The SMILES string of the molecule is COC(=O)c1ccc(Cn2c(=O)n(C(C)C)c3ncnc(NCc4ccc(OC)cc4)c32)cc1. The number of nitrogens with zero attached hydrogens (tertiary/aromatic N) is 4. The number of fused-ring (bicyclic) bond motifs is 1. The second kappa shape index (κ2) is 9.78. The van der Waals surface area contributed by atoms with Crippen molar-refractivity contribution >= 4 is 23.0 Å². The molecule has 0 radical (unpaired) electrons. The van der Waals surface area contributed by atoms with Crippen LogP contribution in [0.2, 0.25) is 0 Å². The van der Waals surface area contributed by atoms with Gasteiger partial charge in [0.1, 0.15) is 17.6 Å². The zero-order valence-electron chi connectivity index (χ0n) is 19.6. The summed E-state index contributed by atoms with van der Waals surface area (Å²) >= 11 is 0. The van der Waals surface area contributed by atoms with Crippen LogP contribution in [0.3, 0.4) is 0 Å². The van der Waals surface area contributed by atoms with E-state index in [9.17, 15) is 9.59 Å². The summed E-state index contributed by atoms with van der Waals surface area (Å²) in [6.07, 6.45) is 1.46. The van der Waals surface area contributed by atoms with Crippen LogP contribution in [0.15, 0.2) is 59.7 Å². The number of ether oxygens (including phenoxy) is 2. The lowest BCUT2D eigenvalue weighted by atomic mass is 10.1. The van der Waals surface area contributed by atoms with Gasteiger partial charge in [0, 0.05) is 12.6 Å². The third kappa shape index (κ3) is 4.50. The molecule has 176 valence electrons. The van der Waals surface area contributed by atoms with Crippen molar-refractivity contribution in [1.29, 1.82) is 0 Å². The van der Waals surface area contributed by atoms with Crippen LogP contribution in [0.1, 0.15) is 41.4 Å². The molecule has 9 nitrogen and oxygen atoms in total. The molecule has 0 amide bonds. The van der Waals surface area contributed by atoms with Crippen LogP contribution < -0.4 is 15.7 Å². The van der Waals surface area contributed by atoms with Gasteiger partial charge in [-0.2, -0.15) is 0 Å². The first-order chi connectivity index (χ1) is 16.4. The second-order valence-corrected chi connectivity index (χ2v) is 8.12. The molecule has 34 heavy (non-hydrogen) atoms. The van der Waals surface area contributed by atoms with E-state index in [1.165, 1.54) is 13.4 Å². The Morgan fingerprint density at radius 2 is 1.68 bits per heavy atom. The molecule has 2 aromatic heterocycles. The number of benzene rings is 2. The third-order valence-corrected chi connectivity index (χ3v) is 5.59. The molecule has 0 spiro atoms. The van der Waals surface area contributed by atoms with E-state index in [1.54, 1.807) is 28.4 Å². The highest BCUT2D eigenvalue weighted by atomic mass is 16.5. The number of carbonyl (C=O) groups excluding carboxylic acids is 1. The Labute approximate surface area is 197 Å². The molecule has 2 heterocycles. The first-order valence-corrected chi connectivity index (χ1v) is 10.9. The predicted octanol–water partition coefficient (Wildman–Crippen LogP) is 3.63. The average Bonchev–Trinajstić information content (AvgIpc) is 3.14. The van der Waals surface area contributed by atoms with E-state index in [0.29, 0.717) is 35.6 Å². The minimum absolute atomic E-state index is 0.0812. The fourth-order valence-corrected chi connectivity index (χ4v) is 3.83. The van der Waals surface area contributed by atoms with Gasteiger partial charge in [0.05, 0.1) is 26.3 Å². The quantitative estimate of drug-likeness (QED) is 0.400. The molecule has 0 fully saturated rings. The molecule has 0 unspecified atom stereocenters. The first kappa shape index (κ1) is 23.0. The van der Waals surface area contributed by atoms with Gasteiger partial charge in [-0.1, -0.05) is 24.3 Å². The number of hydrogen-bond acceptors (Lipinski definition) is 7. The molecule has 0 aliphatic carbocycles. The third-order valence-electron chi connectivity index (χ3n) is 5.59. The number of anilines is 1. The number of rotatable bonds is 8. The smallest absolute Gasteiger partial charge is 0.337 e. The Kier molecular flexibility index (Phi) is 6.62. The normalized spacial score (nSPS) is 11.1. The Hall–Kier alpha value is -4.14. The number of methoxy groups -OCH3 is 2. The van der Waals surface area contributed by atoms with E-state index in [4.69, 9.17) is 9.47 Å². The standard InChI is InChI=1S/C25H27N5O4/c1-16(2)30-23-21(22(27-15-28-23)26-13-17-7-11-20(33-3)12-8-17)29(25(30)32)14-18-5-9-19(10-6-18)24(31)34-4/h5-12,15-16H,13-14H2,1-4H3,(H,26,27,28). The summed E-state index contributed by atoms with van der Waals surface area (Å²) in [6, 6.07) is 14.7. The number of aromatic nitrogens is 4. The molecular weight excluding hydrogens is 434 g/mol. The van der Waals surface area contributed by atoms with Gasteiger partial charge in [-0.15, -0.1) is 0 Å². The molecule has 0 saturated heterocycles. The van der Waals surface area contributed by atoms with Crippen molar-refractivity contribution in [3.63, 3.8) is 0 Å². The summed E-state index contributed by atoms with van der Waals surface area (Å²) in [5.74, 6) is 0.955. The lowest BCUT2D eigenvalue weighted by Gasteiger charge is -2.10. The highest BCUT2D eigenvalue weighted by molar-refractivity contribution is 5.89. The van der Waals surface area contributed by atoms with Crippen molar-refractivity contribution in [2.75, 3.05) is 19.5 Å². The van der Waals surface area contributed by atoms with Gasteiger partial charge in [-0.3, -0.25) is 9.13 Å². The molecule has 2 aromatic carbocycles. The van der Waals surface area contributed by atoms with Crippen molar-refractivity contribution in [3.8, 4) is 5.75 Å². The topological polar surface area (TPSA) is 100 Å². The minimum Gasteiger partial charge on any atom is -0.497 e. The molecular formula is C25H27N5O4. The largest absolute Gasteiger partial charge is 0.497 e. The molecule has 4 aromatic rings. The maximum absolute atomic E-state index is 13.4. The summed E-state index contributed by atoms with van der Waals surface area (Å²) < 4.78 is 13.3. The number of esters is 1. The zero-order valence-corrected chi connectivity index (χ0v) is 19.6. The van der Waals surface area contributed by atoms with Crippen molar-refractivity contribution in [1.82, 2.24) is 19.1 Å².